The molecule has 33 heavy (non-hydrogen) atoms. The normalized spacial score (nSPS) is 47.9. The first-order valence-electron chi connectivity index (χ1n) is 13.1. The van der Waals surface area contributed by atoms with Gasteiger partial charge in [-0.3, -0.25) is 0 Å². The minimum Gasteiger partial charge on any atom is -0.394 e. The van der Waals surface area contributed by atoms with Crippen LogP contribution in [0.4, 0.5) is 0 Å². The van der Waals surface area contributed by atoms with E-state index in [2.05, 4.69) is 13.8 Å². The predicted molar refractivity (Wildman–Crippen MR) is 126 cm³/mol. The molecule has 1 aromatic carbocycles. The monoisotopic (exact) mass is 458 g/mol. The summed E-state index contributed by atoms with van der Waals surface area (Å²) in [6, 6.07) is 10.0. The summed E-state index contributed by atoms with van der Waals surface area (Å²) < 4.78 is 5.95. The predicted octanol–water partition coefficient (Wildman–Crippen LogP) is 3.77. The highest BCUT2D eigenvalue weighted by Gasteiger charge is 2.71. The van der Waals surface area contributed by atoms with Crippen molar-refractivity contribution in [2.45, 2.75) is 95.0 Å². The second-order valence-corrected chi connectivity index (χ2v) is 12.1. The van der Waals surface area contributed by atoms with Crippen molar-refractivity contribution in [3.8, 4) is 0 Å². The van der Waals surface area contributed by atoms with E-state index in [9.17, 15) is 15.3 Å². The molecular formula is C28H42O5. The summed E-state index contributed by atoms with van der Waals surface area (Å²) in [7, 11) is 0. The van der Waals surface area contributed by atoms with Crippen molar-refractivity contribution >= 4 is 0 Å². The lowest BCUT2D eigenvalue weighted by molar-refractivity contribution is -0.239. The first-order valence-corrected chi connectivity index (χ1v) is 13.1. The van der Waals surface area contributed by atoms with E-state index >= 15 is 0 Å². The zero-order valence-corrected chi connectivity index (χ0v) is 20.2. The van der Waals surface area contributed by atoms with Gasteiger partial charge in [-0.1, -0.05) is 44.2 Å². The van der Waals surface area contributed by atoms with Crippen molar-refractivity contribution in [1.29, 1.82) is 0 Å². The molecule has 0 heterocycles. The molecule has 4 fully saturated rings. The molecule has 0 spiro atoms. The lowest BCUT2D eigenvalue weighted by atomic mass is 9.43. The van der Waals surface area contributed by atoms with Crippen LogP contribution in [-0.2, 0) is 10.3 Å². The van der Waals surface area contributed by atoms with E-state index in [1.54, 1.807) is 0 Å². The fourth-order valence-electron chi connectivity index (χ4n) is 8.83. The Morgan fingerprint density at radius 2 is 1.70 bits per heavy atom. The Labute approximate surface area is 198 Å². The Kier molecular flexibility index (Phi) is 5.98. The Balaban J connectivity index is 1.37. The summed E-state index contributed by atoms with van der Waals surface area (Å²) in [5.74, 6) is 1.26. The minimum atomic E-state index is -0.981. The van der Waals surface area contributed by atoms with Gasteiger partial charge in [0.2, 0.25) is 0 Å². The summed E-state index contributed by atoms with van der Waals surface area (Å²) in [6.45, 7) is 4.53. The lowest BCUT2D eigenvalue weighted by Gasteiger charge is -2.64. The van der Waals surface area contributed by atoms with Crippen LogP contribution in [0.25, 0.3) is 0 Å². The van der Waals surface area contributed by atoms with Crippen LogP contribution in [-0.4, -0.2) is 51.4 Å². The molecule has 0 saturated heterocycles. The van der Waals surface area contributed by atoms with E-state index in [0.29, 0.717) is 24.7 Å². The highest BCUT2D eigenvalue weighted by Crippen LogP contribution is 2.71. The molecular weight excluding hydrogens is 416 g/mol. The molecule has 184 valence electrons. The average Bonchev–Trinajstić information content (AvgIpc) is 3.05. The first kappa shape index (κ1) is 23.7. The fraction of sp³-hybridized carbons (Fsp3) is 0.786. The van der Waals surface area contributed by atoms with Gasteiger partial charge >= 0.3 is 0 Å². The number of ether oxygens (including phenoxy) is 1. The molecule has 4 saturated carbocycles. The molecule has 4 unspecified atom stereocenters. The van der Waals surface area contributed by atoms with Crippen molar-refractivity contribution in [3.05, 3.63) is 35.9 Å². The average molecular weight is 459 g/mol. The summed E-state index contributed by atoms with van der Waals surface area (Å²) in [5.41, 5.74) is -1.22. The van der Waals surface area contributed by atoms with E-state index in [-0.39, 0.29) is 30.7 Å². The minimum absolute atomic E-state index is 0.146. The van der Waals surface area contributed by atoms with Crippen molar-refractivity contribution in [2.24, 2.45) is 28.6 Å². The third kappa shape index (κ3) is 3.37. The second kappa shape index (κ2) is 8.30. The van der Waals surface area contributed by atoms with Gasteiger partial charge < -0.3 is 25.2 Å². The quantitative estimate of drug-likeness (QED) is 0.539. The van der Waals surface area contributed by atoms with Crippen LogP contribution in [0.5, 0.6) is 0 Å². The Hall–Kier alpha value is -0.980. The highest BCUT2D eigenvalue weighted by molar-refractivity contribution is 5.32. The van der Waals surface area contributed by atoms with Gasteiger partial charge in [0.1, 0.15) is 6.10 Å². The summed E-state index contributed by atoms with van der Waals surface area (Å²) in [6.07, 6.45) is 7.68. The number of hydrogen-bond donors (Lipinski definition) is 4. The topological polar surface area (TPSA) is 90.2 Å². The number of benzene rings is 1. The molecule has 1 aromatic rings. The van der Waals surface area contributed by atoms with Crippen LogP contribution in [0, 0.1) is 28.6 Å². The third-order valence-electron chi connectivity index (χ3n) is 10.9. The molecule has 0 bridgehead atoms. The smallest absolute Gasteiger partial charge is 0.100 e. The summed E-state index contributed by atoms with van der Waals surface area (Å²) in [5, 5.41) is 43.1. The van der Waals surface area contributed by atoms with Crippen LogP contribution in [0.1, 0.15) is 77.2 Å². The maximum absolute atomic E-state index is 12.4. The Morgan fingerprint density at radius 1 is 0.939 bits per heavy atom. The molecule has 0 aliphatic heterocycles. The second-order valence-electron chi connectivity index (χ2n) is 12.1. The van der Waals surface area contributed by atoms with E-state index in [1.807, 2.05) is 30.3 Å². The van der Waals surface area contributed by atoms with Gasteiger partial charge in [0.25, 0.3) is 0 Å². The highest BCUT2D eigenvalue weighted by atomic mass is 16.5. The van der Waals surface area contributed by atoms with E-state index in [4.69, 9.17) is 9.84 Å². The van der Waals surface area contributed by atoms with Crippen LogP contribution in [0.2, 0.25) is 0 Å². The van der Waals surface area contributed by atoms with E-state index in [1.165, 1.54) is 0 Å². The molecule has 0 radical (unpaired) electrons. The zero-order valence-electron chi connectivity index (χ0n) is 20.2. The van der Waals surface area contributed by atoms with Crippen LogP contribution >= 0.6 is 0 Å². The van der Waals surface area contributed by atoms with Crippen molar-refractivity contribution in [2.75, 3.05) is 13.2 Å². The van der Waals surface area contributed by atoms with E-state index in [0.717, 1.165) is 50.5 Å². The maximum Gasteiger partial charge on any atom is 0.100 e. The summed E-state index contributed by atoms with van der Waals surface area (Å²) >= 11 is 0. The lowest BCUT2D eigenvalue weighted by Crippen LogP contribution is -2.64. The third-order valence-corrected chi connectivity index (χ3v) is 10.9. The molecule has 5 heteroatoms. The molecule has 4 aliphatic carbocycles. The zero-order chi connectivity index (χ0) is 23.5. The van der Waals surface area contributed by atoms with Crippen LogP contribution < -0.4 is 0 Å². The van der Waals surface area contributed by atoms with Gasteiger partial charge in [0.15, 0.2) is 0 Å². The molecule has 5 rings (SSSR count). The number of fused-ring (bicyclic) bond motifs is 5. The molecule has 0 aromatic heterocycles. The summed E-state index contributed by atoms with van der Waals surface area (Å²) in [4.78, 5) is 0. The van der Waals surface area contributed by atoms with Gasteiger partial charge in [-0.25, -0.2) is 0 Å². The molecule has 9 atom stereocenters. The number of aliphatic hydroxyl groups is 4. The Bertz CT molecular complexity index is 846. The standard InChI is InChI=1S/C28H42O5/c1-25-12-10-22(33-18-21(30)17-29)16-20(25)8-9-24-23(25)11-13-26(2)27(31,14-15-28(24,26)32)19-6-4-3-5-7-19/h3-7,20-24,29-32H,8-18H2,1-2H3/t20?,21?,22?,23-,24-,25+,26-,27?,28-/m1/s1. The SMILES string of the molecule is C[C@]12CCC(OCC(O)CO)CC1CC[C@@H]1[C@H]2CC[C@]2(C)C(O)(c3ccccc3)CC[C@@]12O. The van der Waals surface area contributed by atoms with Gasteiger partial charge in [-0.05, 0) is 86.5 Å². The van der Waals surface area contributed by atoms with E-state index < -0.39 is 22.7 Å². The largest absolute Gasteiger partial charge is 0.394 e. The van der Waals surface area contributed by atoms with Crippen molar-refractivity contribution in [1.82, 2.24) is 0 Å². The fourth-order valence-corrected chi connectivity index (χ4v) is 8.83. The van der Waals surface area contributed by atoms with Gasteiger partial charge in [-0.15, -0.1) is 0 Å². The van der Waals surface area contributed by atoms with Crippen LogP contribution in [0.15, 0.2) is 30.3 Å². The van der Waals surface area contributed by atoms with Gasteiger partial charge in [-0.2, -0.15) is 0 Å². The van der Waals surface area contributed by atoms with Gasteiger partial charge in [0.05, 0.1) is 30.5 Å². The molecule has 4 aliphatic rings. The van der Waals surface area contributed by atoms with Crippen LogP contribution in [0.3, 0.4) is 0 Å². The molecule has 5 nitrogen and oxygen atoms in total. The number of rotatable bonds is 5. The first-order chi connectivity index (χ1) is 15.7. The van der Waals surface area contributed by atoms with Gasteiger partial charge in [0, 0.05) is 5.41 Å². The number of hydrogen-bond acceptors (Lipinski definition) is 5. The van der Waals surface area contributed by atoms with Crippen molar-refractivity contribution < 1.29 is 25.2 Å². The van der Waals surface area contributed by atoms with Crippen molar-refractivity contribution in [3.63, 3.8) is 0 Å². The molecule has 4 N–H and O–H groups in total. The maximum atomic E-state index is 12.4. The molecule has 0 amide bonds. The Morgan fingerprint density at radius 3 is 2.42 bits per heavy atom. The number of aliphatic hydroxyl groups excluding tert-OH is 2.